The highest BCUT2D eigenvalue weighted by Gasteiger charge is 2.17. The summed E-state index contributed by atoms with van der Waals surface area (Å²) in [7, 11) is 0. The van der Waals surface area contributed by atoms with E-state index in [0.717, 1.165) is 17.0 Å². The maximum Gasteiger partial charge on any atom is 0.224 e. The van der Waals surface area contributed by atoms with Crippen molar-refractivity contribution >= 4 is 17.5 Å². The highest BCUT2D eigenvalue weighted by Crippen LogP contribution is 2.28. The van der Waals surface area contributed by atoms with E-state index in [4.69, 9.17) is 21.1 Å². The average Bonchev–Trinajstić information content (AvgIpc) is 2.88. The summed E-state index contributed by atoms with van der Waals surface area (Å²) in [6.07, 6.45) is 0. The zero-order valence-corrected chi connectivity index (χ0v) is 17.4. The first-order valence-electron chi connectivity index (χ1n) is 9.23. The molecule has 2 aromatic rings. The molecule has 1 aromatic heterocycles. The number of carbonyl (C=O) groups is 1. The molecule has 7 heteroatoms. The number of benzene rings is 1. The monoisotopic (exact) mass is 393 g/mol. The molecule has 1 heterocycles. The summed E-state index contributed by atoms with van der Waals surface area (Å²) in [5.74, 6) is 1.14. The molecule has 148 valence electrons. The lowest BCUT2D eigenvalue weighted by Crippen LogP contribution is -2.31. The van der Waals surface area contributed by atoms with Crippen molar-refractivity contribution in [3.63, 3.8) is 0 Å². The van der Waals surface area contributed by atoms with Crippen LogP contribution in [0.1, 0.15) is 37.7 Å². The van der Waals surface area contributed by atoms with Crippen molar-refractivity contribution < 1.29 is 14.3 Å². The first kappa shape index (κ1) is 21.1. The maximum atomic E-state index is 12.5. The Bertz CT molecular complexity index is 789. The minimum Gasteiger partial charge on any atom is -0.490 e. The Labute approximate surface area is 165 Å². The number of hydrogen-bond donors (Lipinski definition) is 1. The molecule has 1 unspecified atom stereocenters. The predicted octanol–water partition coefficient (Wildman–Crippen LogP) is 3.90. The van der Waals surface area contributed by atoms with Gasteiger partial charge in [-0.05, 0) is 45.4 Å². The summed E-state index contributed by atoms with van der Waals surface area (Å²) in [5.41, 5.74) is 2.61. The topological polar surface area (TPSA) is 65.4 Å². The van der Waals surface area contributed by atoms with E-state index in [9.17, 15) is 4.79 Å². The van der Waals surface area contributed by atoms with Crippen LogP contribution in [0.5, 0.6) is 11.5 Å². The molecule has 1 N–H and O–H groups in total. The van der Waals surface area contributed by atoms with E-state index in [1.54, 1.807) is 4.68 Å². The van der Waals surface area contributed by atoms with Crippen molar-refractivity contribution in [2.75, 3.05) is 13.2 Å². The summed E-state index contributed by atoms with van der Waals surface area (Å²) in [6.45, 7) is 11.5. The van der Waals surface area contributed by atoms with Gasteiger partial charge in [0.15, 0.2) is 11.5 Å². The van der Waals surface area contributed by atoms with Gasteiger partial charge < -0.3 is 14.8 Å². The summed E-state index contributed by atoms with van der Waals surface area (Å²) in [6, 6.07) is 5.71. The van der Waals surface area contributed by atoms with Crippen LogP contribution in [-0.2, 0) is 17.9 Å². The van der Waals surface area contributed by atoms with E-state index >= 15 is 0 Å². The molecule has 0 aliphatic carbocycles. The van der Waals surface area contributed by atoms with E-state index in [-0.39, 0.29) is 11.8 Å². The van der Waals surface area contributed by atoms with Crippen LogP contribution < -0.4 is 14.8 Å². The minimum absolute atomic E-state index is 0.0366. The van der Waals surface area contributed by atoms with Gasteiger partial charge in [0.05, 0.1) is 42.1 Å². The van der Waals surface area contributed by atoms with E-state index in [2.05, 4.69) is 10.4 Å². The van der Waals surface area contributed by atoms with Crippen molar-refractivity contribution in [2.24, 2.45) is 5.92 Å². The van der Waals surface area contributed by atoms with Gasteiger partial charge in [-0.15, -0.1) is 0 Å². The molecule has 0 radical (unpaired) electrons. The van der Waals surface area contributed by atoms with Crippen molar-refractivity contribution in [1.82, 2.24) is 15.1 Å². The van der Waals surface area contributed by atoms with Crippen LogP contribution >= 0.6 is 11.6 Å². The van der Waals surface area contributed by atoms with E-state index in [1.165, 1.54) is 0 Å². The molecule has 27 heavy (non-hydrogen) atoms. The molecule has 0 aliphatic rings. The van der Waals surface area contributed by atoms with Crippen LogP contribution in [0, 0.1) is 19.8 Å². The van der Waals surface area contributed by atoms with Crippen molar-refractivity contribution in [3.05, 3.63) is 40.2 Å². The van der Waals surface area contributed by atoms with Gasteiger partial charge in [-0.1, -0.05) is 24.6 Å². The fourth-order valence-corrected chi connectivity index (χ4v) is 2.90. The molecule has 1 aromatic carbocycles. The lowest BCUT2D eigenvalue weighted by Gasteiger charge is -2.15. The zero-order valence-electron chi connectivity index (χ0n) is 16.6. The van der Waals surface area contributed by atoms with Gasteiger partial charge in [-0.2, -0.15) is 5.10 Å². The lowest BCUT2D eigenvalue weighted by atomic mass is 10.1. The Morgan fingerprint density at radius 2 is 1.89 bits per heavy atom. The summed E-state index contributed by atoms with van der Waals surface area (Å²) >= 11 is 6.17. The Morgan fingerprint density at radius 1 is 1.22 bits per heavy atom. The van der Waals surface area contributed by atoms with Gasteiger partial charge in [-0.3, -0.25) is 9.48 Å². The number of ether oxygens (including phenoxy) is 2. The minimum atomic E-state index is -0.229. The number of aryl methyl sites for hydroxylation is 1. The van der Waals surface area contributed by atoms with Crippen LogP contribution in [-0.4, -0.2) is 28.9 Å². The van der Waals surface area contributed by atoms with Gasteiger partial charge in [0.1, 0.15) is 0 Å². The quantitative estimate of drug-likeness (QED) is 0.701. The number of rotatable bonds is 9. The highest BCUT2D eigenvalue weighted by atomic mass is 35.5. The number of amides is 1. The van der Waals surface area contributed by atoms with Crippen LogP contribution in [0.4, 0.5) is 0 Å². The van der Waals surface area contributed by atoms with Crippen LogP contribution in [0.3, 0.4) is 0 Å². The Balaban J connectivity index is 1.97. The van der Waals surface area contributed by atoms with Gasteiger partial charge in [-0.25, -0.2) is 0 Å². The van der Waals surface area contributed by atoms with Crippen molar-refractivity contribution in [2.45, 2.75) is 47.7 Å². The van der Waals surface area contributed by atoms with Crippen LogP contribution in [0.25, 0.3) is 0 Å². The Hall–Kier alpha value is -2.21. The molecule has 1 amide bonds. The second-order valence-corrected chi connectivity index (χ2v) is 6.81. The molecule has 0 saturated carbocycles. The van der Waals surface area contributed by atoms with Crippen molar-refractivity contribution in [3.8, 4) is 11.5 Å². The second kappa shape index (κ2) is 9.65. The first-order chi connectivity index (χ1) is 12.9. The fraction of sp³-hybridized carbons (Fsp3) is 0.500. The molecular formula is C20H28ClN3O3. The summed E-state index contributed by atoms with van der Waals surface area (Å²) in [4.78, 5) is 12.5. The predicted molar refractivity (Wildman–Crippen MR) is 107 cm³/mol. The number of nitrogens with one attached hydrogen (secondary N) is 1. The molecule has 1 atom stereocenters. The summed E-state index contributed by atoms with van der Waals surface area (Å²) in [5, 5.41) is 8.01. The molecule has 2 rings (SSSR count). The maximum absolute atomic E-state index is 12.5. The lowest BCUT2D eigenvalue weighted by molar-refractivity contribution is -0.125. The van der Waals surface area contributed by atoms with Gasteiger partial charge >= 0.3 is 0 Å². The first-order valence-corrected chi connectivity index (χ1v) is 9.60. The number of hydrogen-bond acceptors (Lipinski definition) is 4. The van der Waals surface area contributed by atoms with E-state index < -0.39 is 0 Å². The smallest absolute Gasteiger partial charge is 0.224 e. The third-order valence-corrected chi connectivity index (χ3v) is 4.81. The standard InChI is InChI=1S/C20H28ClN3O3/c1-6-26-17-9-8-16(10-18(17)27-7-2)11-22-20(25)13(3)12-24-15(5)19(21)14(4)23-24/h8-10,13H,6-7,11-12H2,1-5H3,(H,22,25). The highest BCUT2D eigenvalue weighted by molar-refractivity contribution is 6.31. The summed E-state index contributed by atoms with van der Waals surface area (Å²) < 4.78 is 13.0. The number of halogens is 1. The average molecular weight is 394 g/mol. The Morgan fingerprint density at radius 3 is 2.48 bits per heavy atom. The fourth-order valence-electron chi connectivity index (χ4n) is 2.76. The van der Waals surface area contributed by atoms with Crippen molar-refractivity contribution in [1.29, 1.82) is 0 Å². The molecule has 0 bridgehead atoms. The third-order valence-electron chi connectivity index (χ3n) is 4.26. The van der Waals surface area contributed by atoms with Crippen LogP contribution in [0.15, 0.2) is 18.2 Å². The second-order valence-electron chi connectivity index (χ2n) is 6.43. The number of carbonyl (C=O) groups excluding carboxylic acids is 1. The van der Waals surface area contributed by atoms with Gasteiger partial charge in [0.2, 0.25) is 5.91 Å². The molecule has 0 saturated heterocycles. The molecule has 0 spiro atoms. The molecule has 0 aliphatic heterocycles. The van der Waals surface area contributed by atoms with Gasteiger partial charge in [0.25, 0.3) is 0 Å². The Kier molecular flexibility index (Phi) is 7.54. The zero-order chi connectivity index (χ0) is 20.0. The van der Waals surface area contributed by atoms with E-state index in [0.29, 0.717) is 42.8 Å². The van der Waals surface area contributed by atoms with Crippen LogP contribution in [0.2, 0.25) is 5.02 Å². The van der Waals surface area contributed by atoms with E-state index in [1.807, 2.05) is 52.8 Å². The normalized spacial score (nSPS) is 11.9. The number of aromatic nitrogens is 2. The third kappa shape index (κ3) is 5.39. The van der Waals surface area contributed by atoms with Gasteiger partial charge in [0, 0.05) is 6.54 Å². The number of nitrogens with zero attached hydrogens (tertiary/aromatic N) is 2. The molecular weight excluding hydrogens is 366 g/mol. The largest absolute Gasteiger partial charge is 0.490 e. The molecule has 0 fully saturated rings. The SMILES string of the molecule is CCOc1ccc(CNC(=O)C(C)Cn2nc(C)c(Cl)c2C)cc1OCC. The molecule has 6 nitrogen and oxygen atoms in total.